The molecule has 0 saturated carbocycles. The van der Waals surface area contributed by atoms with Crippen molar-refractivity contribution >= 4 is 11.6 Å². The number of methoxy groups -OCH3 is 1. The van der Waals surface area contributed by atoms with Crippen LogP contribution < -0.4 is 5.32 Å². The van der Waals surface area contributed by atoms with Crippen molar-refractivity contribution in [2.75, 3.05) is 20.3 Å². The molecule has 0 spiro atoms. The summed E-state index contributed by atoms with van der Waals surface area (Å²) < 4.78 is 5.01. The molecule has 0 aliphatic rings. The van der Waals surface area contributed by atoms with E-state index < -0.39 is 5.60 Å². The number of aliphatic hydroxyl groups is 1. The molecule has 0 aliphatic carbocycles. The summed E-state index contributed by atoms with van der Waals surface area (Å²) in [5, 5.41) is 14.4. The van der Waals surface area contributed by atoms with Crippen LogP contribution in [0.15, 0.2) is 24.3 Å². The van der Waals surface area contributed by atoms with Crippen LogP contribution in [0.4, 0.5) is 0 Å². The summed E-state index contributed by atoms with van der Waals surface area (Å²) in [4.78, 5) is 0. The lowest BCUT2D eigenvalue weighted by Crippen LogP contribution is -2.40. The molecule has 0 saturated heterocycles. The molecule has 1 rings (SSSR count). The lowest BCUT2D eigenvalue weighted by atomic mass is 10.00. The number of hydrogen-bond donors (Lipinski definition) is 2. The van der Waals surface area contributed by atoms with Crippen molar-refractivity contribution in [1.82, 2.24) is 5.32 Å². The lowest BCUT2D eigenvalue weighted by Gasteiger charge is -2.27. The molecule has 0 aliphatic heterocycles. The van der Waals surface area contributed by atoms with Gasteiger partial charge in [-0.05, 0) is 31.0 Å². The van der Waals surface area contributed by atoms with Gasteiger partial charge >= 0.3 is 0 Å². The van der Waals surface area contributed by atoms with Gasteiger partial charge in [0.15, 0.2) is 0 Å². The van der Waals surface area contributed by atoms with Crippen molar-refractivity contribution in [2.45, 2.75) is 38.3 Å². The molecule has 19 heavy (non-hydrogen) atoms. The highest BCUT2D eigenvalue weighted by atomic mass is 35.5. The monoisotopic (exact) mass is 285 g/mol. The molecular formula is C15H24ClNO2. The van der Waals surface area contributed by atoms with Crippen LogP contribution in [-0.4, -0.2) is 31.0 Å². The summed E-state index contributed by atoms with van der Waals surface area (Å²) in [6.07, 6.45) is 1.56. The Hall–Kier alpha value is -0.610. The number of nitrogens with one attached hydrogen (secondary N) is 1. The van der Waals surface area contributed by atoms with E-state index in [2.05, 4.69) is 18.3 Å². The maximum Gasteiger partial charge on any atom is 0.0765 e. The van der Waals surface area contributed by atoms with Crippen LogP contribution in [-0.2, 0) is 4.74 Å². The lowest BCUT2D eigenvalue weighted by molar-refractivity contribution is 0.0226. The van der Waals surface area contributed by atoms with E-state index in [0.717, 1.165) is 17.0 Å². The SMILES string of the molecule is CCC(NCC(C)(O)CCOC)c1cccc(Cl)c1. The largest absolute Gasteiger partial charge is 0.389 e. The first-order chi connectivity index (χ1) is 8.98. The van der Waals surface area contributed by atoms with E-state index in [1.54, 1.807) is 7.11 Å². The Morgan fingerprint density at radius 1 is 1.47 bits per heavy atom. The molecular weight excluding hydrogens is 262 g/mol. The van der Waals surface area contributed by atoms with E-state index in [-0.39, 0.29) is 6.04 Å². The van der Waals surface area contributed by atoms with Crippen molar-refractivity contribution in [3.8, 4) is 0 Å². The van der Waals surface area contributed by atoms with Crippen LogP contribution in [0.1, 0.15) is 38.3 Å². The molecule has 2 unspecified atom stereocenters. The smallest absolute Gasteiger partial charge is 0.0765 e. The summed E-state index contributed by atoms with van der Waals surface area (Å²) in [6, 6.07) is 8.04. The second-order valence-corrected chi connectivity index (χ2v) is 5.57. The predicted octanol–water partition coefficient (Wildman–Crippen LogP) is 3.17. The average Bonchev–Trinajstić information content (AvgIpc) is 2.37. The van der Waals surface area contributed by atoms with Crippen molar-refractivity contribution < 1.29 is 9.84 Å². The van der Waals surface area contributed by atoms with Crippen molar-refractivity contribution in [3.63, 3.8) is 0 Å². The summed E-state index contributed by atoms with van der Waals surface area (Å²) in [7, 11) is 1.64. The minimum Gasteiger partial charge on any atom is -0.389 e. The fourth-order valence-electron chi connectivity index (χ4n) is 1.97. The summed E-state index contributed by atoms with van der Waals surface area (Å²) >= 11 is 6.01. The molecule has 0 amide bonds. The van der Waals surface area contributed by atoms with E-state index >= 15 is 0 Å². The van der Waals surface area contributed by atoms with Crippen LogP contribution in [0.5, 0.6) is 0 Å². The van der Waals surface area contributed by atoms with E-state index in [4.69, 9.17) is 16.3 Å². The normalized spacial score (nSPS) is 16.1. The second-order valence-electron chi connectivity index (χ2n) is 5.14. The first-order valence-electron chi connectivity index (χ1n) is 6.68. The van der Waals surface area contributed by atoms with Crippen LogP contribution in [0.3, 0.4) is 0 Å². The third-order valence-electron chi connectivity index (χ3n) is 3.23. The molecule has 2 N–H and O–H groups in total. The molecule has 0 bridgehead atoms. The van der Waals surface area contributed by atoms with Crippen LogP contribution in [0.25, 0.3) is 0 Å². The van der Waals surface area contributed by atoms with Gasteiger partial charge in [-0.25, -0.2) is 0 Å². The number of benzene rings is 1. The van der Waals surface area contributed by atoms with Gasteiger partial charge in [0.1, 0.15) is 0 Å². The second kappa shape index (κ2) is 7.85. The molecule has 1 aromatic rings. The summed E-state index contributed by atoms with van der Waals surface area (Å²) in [5.74, 6) is 0. The average molecular weight is 286 g/mol. The van der Waals surface area contributed by atoms with Crippen LogP contribution >= 0.6 is 11.6 Å². The zero-order valence-electron chi connectivity index (χ0n) is 11.9. The van der Waals surface area contributed by atoms with Gasteiger partial charge in [0.05, 0.1) is 5.60 Å². The van der Waals surface area contributed by atoms with Gasteiger partial charge in [-0.2, -0.15) is 0 Å². The van der Waals surface area contributed by atoms with Gasteiger partial charge < -0.3 is 15.2 Å². The van der Waals surface area contributed by atoms with Gasteiger partial charge in [0, 0.05) is 37.7 Å². The molecule has 0 radical (unpaired) electrons. The first-order valence-corrected chi connectivity index (χ1v) is 7.06. The van der Waals surface area contributed by atoms with Gasteiger partial charge in [0.2, 0.25) is 0 Å². The fourth-order valence-corrected chi connectivity index (χ4v) is 2.17. The third kappa shape index (κ3) is 5.91. The topological polar surface area (TPSA) is 41.5 Å². The Morgan fingerprint density at radius 3 is 2.79 bits per heavy atom. The van der Waals surface area contributed by atoms with E-state index in [1.165, 1.54) is 0 Å². The summed E-state index contributed by atoms with van der Waals surface area (Å²) in [6.45, 7) is 5.02. The first kappa shape index (κ1) is 16.4. The van der Waals surface area contributed by atoms with Crippen LogP contribution in [0, 0.1) is 0 Å². The summed E-state index contributed by atoms with van der Waals surface area (Å²) in [5.41, 5.74) is 0.389. The Kier molecular flexibility index (Phi) is 6.80. The highest BCUT2D eigenvalue weighted by Crippen LogP contribution is 2.21. The maximum atomic E-state index is 10.2. The van der Waals surface area contributed by atoms with Crippen LogP contribution in [0.2, 0.25) is 5.02 Å². The minimum atomic E-state index is -0.762. The Bertz CT molecular complexity index is 382. The number of ether oxygens (including phenoxy) is 1. The van der Waals surface area contributed by atoms with E-state index in [0.29, 0.717) is 19.6 Å². The number of hydrogen-bond acceptors (Lipinski definition) is 3. The van der Waals surface area contributed by atoms with Gasteiger partial charge in [-0.15, -0.1) is 0 Å². The molecule has 0 heterocycles. The molecule has 0 fully saturated rings. The predicted molar refractivity (Wildman–Crippen MR) is 79.6 cm³/mol. The highest BCUT2D eigenvalue weighted by molar-refractivity contribution is 6.30. The van der Waals surface area contributed by atoms with Gasteiger partial charge in [-0.3, -0.25) is 0 Å². The Labute approximate surface area is 120 Å². The molecule has 3 nitrogen and oxygen atoms in total. The van der Waals surface area contributed by atoms with Crippen molar-refractivity contribution in [1.29, 1.82) is 0 Å². The molecule has 2 atom stereocenters. The molecule has 108 valence electrons. The van der Waals surface area contributed by atoms with E-state index in [1.807, 2.05) is 25.1 Å². The molecule has 1 aromatic carbocycles. The van der Waals surface area contributed by atoms with Crippen molar-refractivity contribution in [3.05, 3.63) is 34.9 Å². The fraction of sp³-hybridized carbons (Fsp3) is 0.600. The zero-order chi connectivity index (χ0) is 14.3. The van der Waals surface area contributed by atoms with E-state index in [9.17, 15) is 5.11 Å². The highest BCUT2D eigenvalue weighted by Gasteiger charge is 2.21. The Balaban J connectivity index is 2.58. The Morgan fingerprint density at radius 2 is 2.21 bits per heavy atom. The van der Waals surface area contributed by atoms with Gasteiger partial charge in [0.25, 0.3) is 0 Å². The third-order valence-corrected chi connectivity index (χ3v) is 3.47. The minimum absolute atomic E-state index is 0.202. The number of halogens is 1. The van der Waals surface area contributed by atoms with Crippen molar-refractivity contribution in [2.24, 2.45) is 0 Å². The number of rotatable bonds is 8. The maximum absolute atomic E-state index is 10.2. The standard InChI is InChI=1S/C15H24ClNO2/c1-4-14(12-6-5-7-13(16)10-12)17-11-15(2,18)8-9-19-3/h5-7,10,14,17-18H,4,8-9,11H2,1-3H3. The molecule has 0 aromatic heterocycles. The molecule has 4 heteroatoms. The van der Waals surface area contributed by atoms with Gasteiger partial charge in [-0.1, -0.05) is 30.7 Å². The zero-order valence-corrected chi connectivity index (χ0v) is 12.7. The quantitative estimate of drug-likeness (QED) is 0.771.